The maximum absolute atomic E-state index is 14.7. The molecular weight excluding hydrogens is 767 g/mol. The number of hydrogen-bond donors (Lipinski definition) is 5. The second-order valence-electron chi connectivity index (χ2n) is 21.0. The Kier molecular flexibility index (Phi) is 12.5. The maximum atomic E-state index is 14.7. The van der Waals surface area contributed by atoms with Gasteiger partial charge in [0.15, 0.2) is 6.04 Å². The Morgan fingerprint density at radius 1 is 0.803 bits per heavy atom. The van der Waals surface area contributed by atoms with E-state index in [1.54, 1.807) is 30.3 Å². The quantitative estimate of drug-likeness (QED) is 0.109. The molecule has 2 aromatic rings. The van der Waals surface area contributed by atoms with E-state index in [4.69, 9.17) is 0 Å². The number of rotatable bonds is 12. The van der Waals surface area contributed by atoms with Gasteiger partial charge in [-0.1, -0.05) is 71.0 Å². The monoisotopic (exact) mass is 838 g/mol. The van der Waals surface area contributed by atoms with Gasteiger partial charge in [0, 0.05) is 24.2 Å². The van der Waals surface area contributed by atoms with Crippen LogP contribution < -0.4 is 16.0 Å². The maximum Gasteiger partial charge on any atom is 0.330 e. The predicted octanol–water partition coefficient (Wildman–Crippen LogP) is 7.56. The Morgan fingerprint density at radius 2 is 1.54 bits per heavy atom. The van der Waals surface area contributed by atoms with Gasteiger partial charge < -0.3 is 30.9 Å². The van der Waals surface area contributed by atoms with Crippen LogP contribution in [-0.2, 0) is 27.3 Å². The summed E-state index contributed by atoms with van der Waals surface area (Å²) >= 11 is 0. The summed E-state index contributed by atoms with van der Waals surface area (Å²) in [5, 5.41) is 29.4. The van der Waals surface area contributed by atoms with Gasteiger partial charge in [0.25, 0.3) is 11.8 Å². The molecule has 0 aromatic heterocycles. The first-order valence-electron chi connectivity index (χ1n) is 22.9. The van der Waals surface area contributed by atoms with Crippen molar-refractivity contribution in [1.82, 2.24) is 16.0 Å². The van der Waals surface area contributed by atoms with Crippen LogP contribution in [-0.4, -0.2) is 66.3 Å². The Balaban J connectivity index is 0.980. The van der Waals surface area contributed by atoms with E-state index in [0.717, 1.165) is 56.1 Å². The van der Waals surface area contributed by atoms with Crippen molar-refractivity contribution in [3.05, 3.63) is 82.9 Å². The van der Waals surface area contributed by atoms with Crippen LogP contribution in [0, 0.1) is 56.7 Å². The van der Waals surface area contributed by atoms with E-state index in [1.165, 1.54) is 31.9 Å². The molecule has 2 aromatic carbocycles. The molecule has 5 fully saturated rings. The first-order chi connectivity index (χ1) is 28.9. The van der Waals surface area contributed by atoms with Crippen molar-refractivity contribution in [1.29, 1.82) is 0 Å². The SMILES string of the molecule is C=C(C)[C@@H]1CC[C@]2(C(=O)NCCc3cccc(C(=O)NCc4ccc(C(=O)N[C@H](CO)C(=O)OC)cc4)c3)CC[C@]3(C)C(CCC4[C@@]5(C)CC[C@H](O)C(C)(C)C5CC[C@]43C)C12. The third-order valence-electron chi connectivity index (χ3n) is 18.0. The average molecular weight is 838 g/mol. The number of amides is 3. The third kappa shape index (κ3) is 7.65. The molecule has 5 N–H and O–H groups in total. The van der Waals surface area contributed by atoms with E-state index in [1.807, 2.05) is 18.2 Å². The molecule has 61 heavy (non-hydrogen) atoms. The molecule has 0 bridgehead atoms. The summed E-state index contributed by atoms with van der Waals surface area (Å²) in [6, 6.07) is 13.0. The van der Waals surface area contributed by atoms with Gasteiger partial charge in [-0.15, -0.1) is 0 Å². The van der Waals surface area contributed by atoms with E-state index < -0.39 is 29.9 Å². The van der Waals surface area contributed by atoms with Gasteiger partial charge in [0.05, 0.1) is 25.2 Å². The topological polar surface area (TPSA) is 154 Å². The minimum Gasteiger partial charge on any atom is -0.467 e. The molecule has 0 saturated heterocycles. The highest BCUT2D eigenvalue weighted by molar-refractivity contribution is 5.97. The number of aliphatic hydroxyl groups excluding tert-OH is 2. The zero-order valence-corrected chi connectivity index (χ0v) is 37.7. The van der Waals surface area contributed by atoms with Gasteiger partial charge in [0.2, 0.25) is 5.91 Å². The summed E-state index contributed by atoms with van der Waals surface area (Å²) in [7, 11) is 1.18. The van der Waals surface area contributed by atoms with Crippen LogP contribution in [0.4, 0.5) is 0 Å². The molecular formula is C51H71N3O7. The number of nitrogens with one attached hydrogen (secondary N) is 3. The van der Waals surface area contributed by atoms with Gasteiger partial charge in [-0.05, 0) is 164 Å². The fourth-order valence-electron chi connectivity index (χ4n) is 14.5. The minimum atomic E-state index is -1.16. The standard InChI is InChI=1S/C51H71N3O7/c1-31(2)36-18-24-51(26-25-49(6)37(42(36)51)16-17-40-48(5)22-20-41(56)47(3,4)39(48)19-23-50(40,49)7)46(60)52-27-21-32-10-9-11-35(28-32)43(57)53-29-33-12-14-34(15-13-33)44(58)54-38(30-55)45(59)61-8/h9-15,28,36-42,55-56H,1,16-27,29-30H2,2-8H3,(H,52,60)(H,53,57)(H,54,58)/t36-,37?,38+,39?,40?,41-,42?,48-,49+,50+,51-/m0/s1. The summed E-state index contributed by atoms with van der Waals surface area (Å²) in [6.45, 7) is 19.3. The smallest absolute Gasteiger partial charge is 0.330 e. The highest BCUT2D eigenvalue weighted by atomic mass is 16.5. The van der Waals surface area contributed by atoms with Gasteiger partial charge in [0.1, 0.15) is 0 Å². The number of methoxy groups -OCH3 is 1. The molecule has 4 unspecified atom stereocenters. The predicted molar refractivity (Wildman–Crippen MR) is 236 cm³/mol. The number of fused-ring (bicyclic) bond motifs is 7. The molecule has 11 atom stereocenters. The van der Waals surface area contributed by atoms with Crippen LogP contribution >= 0.6 is 0 Å². The van der Waals surface area contributed by atoms with Crippen LogP contribution in [0.1, 0.15) is 138 Å². The number of carbonyl (C=O) groups is 4. The van der Waals surface area contributed by atoms with Gasteiger partial charge >= 0.3 is 5.97 Å². The van der Waals surface area contributed by atoms with E-state index >= 15 is 0 Å². The van der Waals surface area contributed by atoms with E-state index in [0.29, 0.717) is 47.8 Å². The van der Waals surface area contributed by atoms with Crippen molar-refractivity contribution in [3.8, 4) is 0 Å². The molecule has 0 radical (unpaired) electrons. The number of benzene rings is 2. The van der Waals surface area contributed by atoms with Crippen molar-refractivity contribution in [2.24, 2.45) is 56.7 Å². The number of carbonyl (C=O) groups excluding carboxylic acids is 4. The Labute approximate surface area is 363 Å². The van der Waals surface area contributed by atoms with Crippen LogP contribution in [0.2, 0.25) is 0 Å². The summed E-state index contributed by atoms with van der Waals surface area (Å²) in [4.78, 5) is 52.3. The lowest BCUT2D eigenvalue weighted by Crippen LogP contribution is -2.67. The van der Waals surface area contributed by atoms with E-state index in [-0.39, 0.29) is 52.0 Å². The average Bonchev–Trinajstić information content (AvgIpc) is 3.65. The first kappa shape index (κ1) is 45.0. The lowest BCUT2D eigenvalue weighted by molar-refractivity contribution is -0.246. The molecule has 332 valence electrons. The number of allylic oxidation sites excluding steroid dienone is 1. The second-order valence-corrected chi connectivity index (χ2v) is 21.0. The van der Waals surface area contributed by atoms with Crippen LogP contribution in [0.25, 0.3) is 0 Å². The first-order valence-corrected chi connectivity index (χ1v) is 22.9. The van der Waals surface area contributed by atoms with Gasteiger partial charge in [-0.25, -0.2) is 4.79 Å². The molecule has 5 aliphatic carbocycles. The fourth-order valence-corrected chi connectivity index (χ4v) is 14.5. The van der Waals surface area contributed by atoms with Crippen molar-refractivity contribution in [2.75, 3.05) is 20.3 Å². The van der Waals surface area contributed by atoms with Crippen molar-refractivity contribution >= 4 is 23.7 Å². The van der Waals surface area contributed by atoms with Gasteiger partial charge in [-0.3, -0.25) is 14.4 Å². The third-order valence-corrected chi connectivity index (χ3v) is 18.0. The Morgan fingerprint density at radius 3 is 2.23 bits per heavy atom. The van der Waals surface area contributed by atoms with Crippen molar-refractivity contribution in [3.63, 3.8) is 0 Å². The number of esters is 1. The summed E-state index contributed by atoms with van der Waals surface area (Å²) < 4.78 is 4.61. The van der Waals surface area contributed by atoms with Crippen LogP contribution in [0.5, 0.6) is 0 Å². The summed E-state index contributed by atoms with van der Waals surface area (Å²) in [6.07, 6.45) is 11.0. The molecule has 7 rings (SSSR count). The number of aliphatic hydroxyl groups is 2. The Hall–Kier alpha value is -4.02. The zero-order valence-electron chi connectivity index (χ0n) is 37.7. The zero-order chi connectivity index (χ0) is 44.1. The molecule has 5 aliphatic rings. The highest BCUT2D eigenvalue weighted by Gasteiger charge is 2.71. The molecule has 5 saturated carbocycles. The normalized spacial score (nSPS) is 35.2. The summed E-state index contributed by atoms with van der Waals surface area (Å²) in [5.74, 6) is 0.939. The second kappa shape index (κ2) is 16.9. The number of ether oxygens (including phenoxy) is 1. The van der Waals surface area contributed by atoms with Crippen molar-refractivity contribution in [2.45, 2.75) is 131 Å². The van der Waals surface area contributed by atoms with Crippen LogP contribution in [0.3, 0.4) is 0 Å². The lowest BCUT2D eigenvalue weighted by Gasteiger charge is -2.72. The summed E-state index contributed by atoms with van der Waals surface area (Å²) in [5.41, 5.74) is 3.88. The lowest BCUT2D eigenvalue weighted by atomic mass is 9.32. The van der Waals surface area contributed by atoms with Crippen LogP contribution in [0.15, 0.2) is 60.7 Å². The molecule has 0 aliphatic heterocycles. The van der Waals surface area contributed by atoms with Crippen molar-refractivity contribution < 1.29 is 34.1 Å². The van der Waals surface area contributed by atoms with E-state index in [2.05, 4.69) is 68.8 Å². The molecule has 10 heteroatoms. The molecule has 0 heterocycles. The highest BCUT2D eigenvalue weighted by Crippen LogP contribution is 2.77. The molecule has 10 nitrogen and oxygen atoms in total. The largest absolute Gasteiger partial charge is 0.467 e. The minimum absolute atomic E-state index is 0.0726. The number of hydrogen-bond acceptors (Lipinski definition) is 7. The Bertz CT molecular complexity index is 2010. The molecule has 3 amide bonds. The fraction of sp³-hybridized carbons (Fsp3) is 0.647. The molecule has 0 spiro atoms. The van der Waals surface area contributed by atoms with E-state index in [9.17, 15) is 29.4 Å². The van der Waals surface area contributed by atoms with Gasteiger partial charge in [-0.2, -0.15) is 0 Å².